The molecule has 1 aromatic rings. The lowest BCUT2D eigenvalue weighted by atomic mass is 10.0. The van der Waals surface area contributed by atoms with E-state index in [4.69, 9.17) is 10.6 Å². The molecule has 0 saturated carbocycles. The second-order valence-electron chi connectivity index (χ2n) is 3.84. The molecule has 0 spiro atoms. The SMILES string of the molecule is COC(C)CC(Cc1ccccc1)NN. The van der Waals surface area contributed by atoms with Crippen LogP contribution in [0.4, 0.5) is 0 Å². The Labute approximate surface area is 91.6 Å². The Hall–Kier alpha value is -0.900. The molecule has 1 aromatic carbocycles. The molecule has 3 N–H and O–H groups in total. The molecule has 0 aromatic heterocycles. The maximum Gasteiger partial charge on any atom is 0.0558 e. The van der Waals surface area contributed by atoms with Crippen LogP contribution >= 0.6 is 0 Å². The molecule has 0 radical (unpaired) electrons. The van der Waals surface area contributed by atoms with Crippen molar-refractivity contribution in [3.8, 4) is 0 Å². The lowest BCUT2D eigenvalue weighted by molar-refractivity contribution is 0.100. The van der Waals surface area contributed by atoms with Gasteiger partial charge in [-0.2, -0.15) is 0 Å². The number of benzene rings is 1. The summed E-state index contributed by atoms with van der Waals surface area (Å²) in [7, 11) is 1.72. The zero-order valence-electron chi connectivity index (χ0n) is 9.44. The second kappa shape index (κ2) is 6.56. The van der Waals surface area contributed by atoms with Crippen molar-refractivity contribution >= 4 is 0 Å². The minimum Gasteiger partial charge on any atom is -0.382 e. The van der Waals surface area contributed by atoms with E-state index in [-0.39, 0.29) is 12.1 Å². The quantitative estimate of drug-likeness (QED) is 0.550. The van der Waals surface area contributed by atoms with Crippen LogP contribution in [0.2, 0.25) is 0 Å². The van der Waals surface area contributed by atoms with Crippen LogP contribution in [0.5, 0.6) is 0 Å². The van der Waals surface area contributed by atoms with Crippen molar-refractivity contribution in [1.82, 2.24) is 5.43 Å². The van der Waals surface area contributed by atoms with Crippen LogP contribution in [0.1, 0.15) is 18.9 Å². The molecule has 0 aliphatic carbocycles. The van der Waals surface area contributed by atoms with Gasteiger partial charge in [-0.1, -0.05) is 30.3 Å². The number of nitrogens with two attached hydrogens (primary N) is 1. The summed E-state index contributed by atoms with van der Waals surface area (Å²) in [4.78, 5) is 0. The molecule has 0 aliphatic heterocycles. The van der Waals surface area contributed by atoms with Gasteiger partial charge in [0.2, 0.25) is 0 Å². The van der Waals surface area contributed by atoms with Gasteiger partial charge in [-0.25, -0.2) is 0 Å². The molecule has 84 valence electrons. The first kappa shape index (κ1) is 12.2. The standard InChI is InChI=1S/C12H20N2O/c1-10(15-2)8-12(14-13)9-11-6-4-3-5-7-11/h3-7,10,12,14H,8-9,13H2,1-2H3. The number of methoxy groups -OCH3 is 1. The van der Waals surface area contributed by atoms with Crippen molar-refractivity contribution in [3.05, 3.63) is 35.9 Å². The summed E-state index contributed by atoms with van der Waals surface area (Å²) in [5.74, 6) is 5.52. The van der Waals surface area contributed by atoms with Crippen LogP contribution < -0.4 is 11.3 Å². The van der Waals surface area contributed by atoms with Gasteiger partial charge < -0.3 is 4.74 Å². The zero-order valence-corrected chi connectivity index (χ0v) is 9.44. The highest BCUT2D eigenvalue weighted by Crippen LogP contribution is 2.08. The smallest absolute Gasteiger partial charge is 0.0558 e. The van der Waals surface area contributed by atoms with Gasteiger partial charge in [0.05, 0.1) is 6.10 Å². The average molecular weight is 208 g/mol. The number of nitrogens with one attached hydrogen (secondary N) is 1. The summed E-state index contributed by atoms with van der Waals surface area (Å²) in [6.07, 6.45) is 2.09. The third-order valence-corrected chi connectivity index (χ3v) is 2.58. The first-order valence-electron chi connectivity index (χ1n) is 5.29. The van der Waals surface area contributed by atoms with Crippen LogP contribution in [0.15, 0.2) is 30.3 Å². The number of ether oxygens (including phenoxy) is 1. The third-order valence-electron chi connectivity index (χ3n) is 2.58. The van der Waals surface area contributed by atoms with E-state index >= 15 is 0 Å². The lowest BCUT2D eigenvalue weighted by Crippen LogP contribution is -2.39. The molecule has 0 heterocycles. The molecule has 2 atom stereocenters. The molecule has 0 saturated heterocycles. The predicted octanol–water partition coefficient (Wildman–Crippen LogP) is 1.49. The van der Waals surface area contributed by atoms with Crippen LogP contribution in [-0.4, -0.2) is 19.3 Å². The summed E-state index contributed by atoms with van der Waals surface area (Å²) in [6, 6.07) is 10.6. The maximum absolute atomic E-state index is 5.52. The van der Waals surface area contributed by atoms with Crippen molar-refractivity contribution in [2.75, 3.05) is 7.11 Å². The zero-order chi connectivity index (χ0) is 11.1. The molecule has 0 amide bonds. The Bertz CT molecular complexity index is 264. The minimum absolute atomic E-state index is 0.231. The van der Waals surface area contributed by atoms with Crippen LogP contribution in [0.25, 0.3) is 0 Å². The normalized spacial score (nSPS) is 14.9. The molecule has 0 fully saturated rings. The maximum atomic E-state index is 5.52. The van der Waals surface area contributed by atoms with Gasteiger partial charge in [0, 0.05) is 13.2 Å². The fourth-order valence-electron chi connectivity index (χ4n) is 1.61. The van der Waals surface area contributed by atoms with Gasteiger partial charge >= 0.3 is 0 Å². The number of hydrazine groups is 1. The van der Waals surface area contributed by atoms with Crippen LogP contribution in [0.3, 0.4) is 0 Å². The molecule has 0 bridgehead atoms. The highest BCUT2D eigenvalue weighted by molar-refractivity contribution is 5.15. The first-order chi connectivity index (χ1) is 7.26. The number of hydrogen-bond acceptors (Lipinski definition) is 3. The summed E-state index contributed by atoms with van der Waals surface area (Å²) < 4.78 is 5.22. The molecular formula is C12H20N2O. The van der Waals surface area contributed by atoms with Gasteiger partial charge in [0.15, 0.2) is 0 Å². The summed E-state index contributed by atoms with van der Waals surface area (Å²) in [5.41, 5.74) is 4.13. The molecule has 3 heteroatoms. The lowest BCUT2D eigenvalue weighted by Gasteiger charge is -2.19. The molecule has 15 heavy (non-hydrogen) atoms. The highest BCUT2D eigenvalue weighted by Gasteiger charge is 2.11. The van der Waals surface area contributed by atoms with E-state index in [1.54, 1.807) is 7.11 Å². The van der Waals surface area contributed by atoms with Crippen molar-refractivity contribution in [3.63, 3.8) is 0 Å². The fraction of sp³-hybridized carbons (Fsp3) is 0.500. The molecular weight excluding hydrogens is 188 g/mol. The third kappa shape index (κ3) is 4.42. The monoisotopic (exact) mass is 208 g/mol. The molecule has 2 unspecified atom stereocenters. The fourth-order valence-corrected chi connectivity index (χ4v) is 1.61. The Morgan fingerprint density at radius 1 is 1.33 bits per heavy atom. The van der Waals surface area contributed by atoms with E-state index in [0.717, 1.165) is 12.8 Å². The topological polar surface area (TPSA) is 47.3 Å². The second-order valence-corrected chi connectivity index (χ2v) is 3.84. The van der Waals surface area contributed by atoms with Crippen molar-refractivity contribution < 1.29 is 4.74 Å². The molecule has 3 nitrogen and oxygen atoms in total. The summed E-state index contributed by atoms with van der Waals surface area (Å²) in [6.45, 7) is 2.05. The average Bonchev–Trinajstić information content (AvgIpc) is 2.29. The molecule has 1 rings (SSSR count). The van der Waals surface area contributed by atoms with Crippen molar-refractivity contribution in [1.29, 1.82) is 0 Å². The summed E-state index contributed by atoms with van der Waals surface area (Å²) in [5, 5.41) is 0. The van der Waals surface area contributed by atoms with Gasteiger partial charge in [-0.3, -0.25) is 11.3 Å². The number of rotatable bonds is 6. The van der Waals surface area contributed by atoms with Crippen LogP contribution in [-0.2, 0) is 11.2 Å². The Kier molecular flexibility index (Phi) is 5.32. The van der Waals surface area contributed by atoms with Crippen molar-refractivity contribution in [2.24, 2.45) is 5.84 Å². The van der Waals surface area contributed by atoms with E-state index in [2.05, 4.69) is 24.5 Å². The number of hydrogen-bond donors (Lipinski definition) is 2. The Morgan fingerprint density at radius 3 is 2.53 bits per heavy atom. The molecule has 0 aliphatic rings. The van der Waals surface area contributed by atoms with E-state index in [0.29, 0.717) is 0 Å². The van der Waals surface area contributed by atoms with E-state index in [1.165, 1.54) is 5.56 Å². The highest BCUT2D eigenvalue weighted by atomic mass is 16.5. The van der Waals surface area contributed by atoms with E-state index in [9.17, 15) is 0 Å². The van der Waals surface area contributed by atoms with Gasteiger partial charge in [-0.15, -0.1) is 0 Å². The van der Waals surface area contributed by atoms with Gasteiger partial charge in [0.25, 0.3) is 0 Å². The Morgan fingerprint density at radius 2 is 2.00 bits per heavy atom. The van der Waals surface area contributed by atoms with E-state index < -0.39 is 0 Å². The first-order valence-corrected chi connectivity index (χ1v) is 5.29. The summed E-state index contributed by atoms with van der Waals surface area (Å²) >= 11 is 0. The van der Waals surface area contributed by atoms with Gasteiger partial charge in [-0.05, 0) is 25.3 Å². The largest absolute Gasteiger partial charge is 0.382 e. The Balaban J connectivity index is 2.47. The van der Waals surface area contributed by atoms with Gasteiger partial charge in [0.1, 0.15) is 0 Å². The minimum atomic E-state index is 0.231. The van der Waals surface area contributed by atoms with Crippen LogP contribution in [0, 0.1) is 0 Å². The predicted molar refractivity (Wildman–Crippen MR) is 62.3 cm³/mol. The van der Waals surface area contributed by atoms with E-state index in [1.807, 2.05) is 18.2 Å². The van der Waals surface area contributed by atoms with Crippen molar-refractivity contribution in [2.45, 2.75) is 31.9 Å².